The van der Waals surface area contributed by atoms with E-state index in [-0.39, 0.29) is 5.69 Å². The van der Waals surface area contributed by atoms with E-state index in [1.165, 1.54) is 12.1 Å². The Balaban J connectivity index is 1.90. The second kappa shape index (κ2) is 4.86. The molecular weight excluding hydrogens is 326 g/mol. The van der Waals surface area contributed by atoms with Gasteiger partial charge in [0.1, 0.15) is 0 Å². The Morgan fingerprint density at radius 1 is 1.50 bits per heavy atom. The van der Waals surface area contributed by atoms with Crippen LogP contribution in [-0.2, 0) is 6.54 Å². The molecule has 2 N–H and O–H groups in total. The molecule has 0 bridgehead atoms. The number of hydrogen-bond donors (Lipinski definition) is 1. The predicted octanol–water partition coefficient (Wildman–Crippen LogP) is 2.46. The molecule has 0 unspecified atom stereocenters. The molecule has 2 aromatic rings. The summed E-state index contributed by atoms with van der Waals surface area (Å²) in [7, 11) is 0. The fourth-order valence-electron chi connectivity index (χ4n) is 2.17. The third-order valence-corrected chi connectivity index (χ3v) is 4.07. The summed E-state index contributed by atoms with van der Waals surface area (Å²) in [4.78, 5) is 10.3. The average molecular weight is 338 g/mol. The van der Waals surface area contributed by atoms with Gasteiger partial charge in [-0.1, -0.05) is 21.1 Å². The Kier molecular flexibility index (Phi) is 3.17. The van der Waals surface area contributed by atoms with E-state index in [4.69, 9.17) is 5.73 Å². The maximum absolute atomic E-state index is 10.7. The first-order valence-electron chi connectivity index (χ1n) is 6.18. The van der Waals surface area contributed by atoms with Gasteiger partial charge in [0.25, 0.3) is 5.69 Å². The summed E-state index contributed by atoms with van der Waals surface area (Å²) in [5.41, 5.74) is 7.77. The maximum atomic E-state index is 10.7. The normalized spacial score (nSPS) is 14.4. The topological polar surface area (TPSA) is 99.9 Å². The molecule has 0 saturated heterocycles. The van der Waals surface area contributed by atoms with Gasteiger partial charge in [-0.3, -0.25) is 10.1 Å². The van der Waals surface area contributed by atoms with Gasteiger partial charge >= 0.3 is 0 Å². The van der Waals surface area contributed by atoms with Gasteiger partial charge in [-0.2, -0.15) is 0 Å². The molecular formula is C12H12BrN5O2. The molecule has 20 heavy (non-hydrogen) atoms. The molecule has 0 atom stereocenters. The van der Waals surface area contributed by atoms with Crippen LogP contribution in [0.2, 0.25) is 0 Å². The number of rotatable bonds is 4. The fourth-order valence-corrected chi connectivity index (χ4v) is 2.66. The second-order valence-electron chi connectivity index (χ2n) is 4.82. The molecule has 1 heterocycles. The van der Waals surface area contributed by atoms with Crippen molar-refractivity contribution in [2.45, 2.75) is 25.3 Å². The molecule has 1 saturated carbocycles. The van der Waals surface area contributed by atoms with Gasteiger partial charge in [-0.25, -0.2) is 4.68 Å². The van der Waals surface area contributed by atoms with Crippen LogP contribution in [-0.4, -0.2) is 19.9 Å². The summed E-state index contributed by atoms with van der Waals surface area (Å²) < 4.78 is 2.46. The zero-order chi connectivity index (χ0) is 14.3. The molecule has 8 heteroatoms. The molecule has 1 aliphatic carbocycles. The number of non-ortho nitro benzene ring substituents is 1. The summed E-state index contributed by atoms with van der Waals surface area (Å²) in [5, 5.41) is 18.7. The van der Waals surface area contributed by atoms with Crippen LogP contribution in [0, 0.1) is 10.1 Å². The quantitative estimate of drug-likeness (QED) is 0.682. The van der Waals surface area contributed by atoms with Crippen molar-refractivity contribution in [1.29, 1.82) is 0 Å². The first kappa shape index (κ1) is 13.0. The maximum Gasteiger partial charge on any atom is 0.270 e. The van der Waals surface area contributed by atoms with Gasteiger partial charge in [0.15, 0.2) is 5.82 Å². The SMILES string of the molecule is Nc1nnn(Cc2ccc([N+](=O)[O-])cc2Br)c1C1CC1. The molecule has 1 fully saturated rings. The summed E-state index contributed by atoms with van der Waals surface area (Å²) in [6, 6.07) is 4.69. The molecule has 0 amide bonds. The van der Waals surface area contributed by atoms with Crippen LogP contribution in [0.5, 0.6) is 0 Å². The molecule has 1 aromatic heterocycles. The van der Waals surface area contributed by atoms with Crippen LogP contribution < -0.4 is 5.73 Å². The van der Waals surface area contributed by atoms with Crippen molar-refractivity contribution in [3.8, 4) is 0 Å². The van der Waals surface area contributed by atoms with Crippen LogP contribution in [0.4, 0.5) is 11.5 Å². The minimum atomic E-state index is -0.419. The lowest BCUT2D eigenvalue weighted by Gasteiger charge is -2.07. The number of nitro benzene ring substituents is 1. The molecule has 1 aromatic carbocycles. The standard InChI is InChI=1S/C12H12BrN5O2/c13-10-5-9(18(19)20)4-3-8(10)6-17-11(7-1-2-7)12(14)15-16-17/h3-5,7H,1-2,6,14H2. The highest BCUT2D eigenvalue weighted by molar-refractivity contribution is 9.10. The van der Waals surface area contributed by atoms with Crippen LogP contribution in [0.1, 0.15) is 30.0 Å². The van der Waals surface area contributed by atoms with E-state index < -0.39 is 4.92 Å². The van der Waals surface area contributed by atoms with E-state index in [9.17, 15) is 10.1 Å². The van der Waals surface area contributed by atoms with Crippen molar-refractivity contribution >= 4 is 27.4 Å². The van der Waals surface area contributed by atoms with Gasteiger partial charge in [0.2, 0.25) is 0 Å². The summed E-state index contributed by atoms with van der Waals surface area (Å²) in [6.07, 6.45) is 2.22. The molecule has 0 radical (unpaired) electrons. The first-order chi connectivity index (χ1) is 9.56. The Morgan fingerprint density at radius 3 is 2.85 bits per heavy atom. The lowest BCUT2D eigenvalue weighted by atomic mass is 10.2. The van der Waals surface area contributed by atoms with Gasteiger partial charge < -0.3 is 5.73 Å². The third kappa shape index (κ3) is 2.38. The van der Waals surface area contributed by atoms with E-state index in [1.807, 2.05) is 0 Å². The number of benzene rings is 1. The first-order valence-corrected chi connectivity index (χ1v) is 6.97. The van der Waals surface area contributed by atoms with Crippen molar-refractivity contribution < 1.29 is 4.92 Å². The number of halogens is 1. The largest absolute Gasteiger partial charge is 0.381 e. The molecule has 0 aliphatic heterocycles. The summed E-state index contributed by atoms with van der Waals surface area (Å²) >= 11 is 3.36. The van der Waals surface area contributed by atoms with Crippen molar-refractivity contribution in [2.75, 3.05) is 5.73 Å². The molecule has 3 rings (SSSR count). The zero-order valence-corrected chi connectivity index (χ0v) is 12.1. The second-order valence-corrected chi connectivity index (χ2v) is 5.68. The van der Waals surface area contributed by atoms with Crippen molar-refractivity contribution in [2.24, 2.45) is 0 Å². The molecule has 104 valence electrons. The van der Waals surface area contributed by atoms with E-state index >= 15 is 0 Å². The number of aromatic nitrogens is 3. The smallest absolute Gasteiger partial charge is 0.270 e. The average Bonchev–Trinajstić information content (AvgIpc) is 3.17. The van der Waals surface area contributed by atoms with Gasteiger partial charge in [0.05, 0.1) is 17.2 Å². The molecule has 0 spiro atoms. The van der Waals surface area contributed by atoms with Gasteiger partial charge in [-0.05, 0) is 24.5 Å². The van der Waals surface area contributed by atoms with E-state index in [1.54, 1.807) is 10.7 Å². The highest BCUT2D eigenvalue weighted by Crippen LogP contribution is 2.42. The van der Waals surface area contributed by atoms with E-state index in [0.29, 0.717) is 22.8 Å². The van der Waals surface area contributed by atoms with Crippen molar-refractivity contribution in [3.05, 3.63) is 44.0 Å². The monoisotopic (exact) mass is 337 g/mol. The zero-order valence-electron chi connectivity index (χ0n) is 10.5. The lowest BCUT2D eigenvalue weighted by Crippen LogP contribution is -2.07. The van der Waals surface area contributed by atoms with Crippen LogP contribution >= 0.6 is 15.9 Å². The van der Waals surface area contributed by atoms with Crippen LogP contribution in [0.15, 0.2) is 22.7 Å². The van der Waals surface area contributed by atoms with Crippen molar-refractivity contribution in [3.63, 3.8) is 0 Å². The van der Waals surface area contributed by atoms with Crippen LogP contribution in [0.3, 0.4) is 0 Å². The lowest BCUT2D eigenvalue weighted by molar-refractivity contribution is -0.384. The van der Waals surface area contributed by atoms with E-state index in [2.05, 4.69) is 26.2 Å². The van der Waals surface area contributed by atoms with E-state index in [0.717, 1.165) is 24.1 Å². The Labute approximate surface area is 123 Å². The number of hydrogen-bond acceptors (Lipinski definition) is 5. The molecule has 7 nitrogen and oxygen atoms in total. The third-order valence-electron chi connectivity index (χ3n) is 3.33. The van der Waals surface area contributed by atoms with Gasteiger partial charge in [0, 0.05) is 22.5 Å². The predicted molar refractivity (Wildman–Crippen MR) is 76.3 cm³/mol. The van der Waals surface area contributed by atoms with Crippen LogP contribution in [0.25, 0.3) is 0 Å². The Bertz CT molecular complexity index is 680. The number of nitrogens with zero attached hydrogens (tertiary/aromatic N) is 4. The number of anilines is 1. The Hall–Kier alpha value is -1.96. The fraction of sp³-hybridized carbons (Fsp3) is 0.333. The van der Waals surface area contributed by atoms with Gasteiger partial charge in [-0.15, -0.1) is 5.10 Å². The number of nitro groups is 1. The number of nitrogen functional groups attached to an aromatic ring is 1. The Morgan fingerprint density at radius 2 is 2.25 bits per heavy atom. The minimum Gasteiger partial charge on any atom is -0.381 e. The van der Waals surface area contributed by atoms with Crippen molar-refractivity contribution in [1.82, 2.24) is 15.0 Å². The molecule has 1 aliphatic rings. The summed E-state index contributed by atoms with van der Waals surface area (Å²) in [6.45, 7) is 0.495. The highest BCUT2D eigenvalue weighted by Gasteiger charge is 2.30. The minimum absolute atomic E-state index is 0.0566. The summed E-state index contributed by atoms with van der Waals surface area (Å²) in [5.74, 6) is 0.923. The highest BCUT2D eigenvalue weighted by atomic mass is 79.9. The number of nitrogens with two attached hydrogens (primary N) is 1.